The number of thiazole rings is 2. The van der Waals surface area contributed by atoms with Crippen LogP contribution in [0, 0.1) is 72.0 Å². The van der Waals surface area contributed by atoms with Gasteiger partial charge in [0.15, 0.2) is 66.6 Å². The van der Waals surface area contributed by atoms with E-state index in [9.17, 15) is 60.7 Å². The number of piperazine rings is 2. The summed E-state index contributed by atoms with van der Waals surface area (Å²) in [7, 11) is -9.91. The lowest BCUT2D eigenvalue weighted by molar-refractivity contribution is 0.344. The number of anilines is 2. The van der Waals surface area contributed by atoms with Gasteiger partial charge < -0.3 is 9.80 Å². The van der Waals surface area contributed by atoms with Crippen LogP contribution in [0.4, 0.5) is 54.2 Å². The number of benzene rings is 4. The molecule has 2 aliphatic rings. The van der Waals surface area contributed by atoms with Gasteiger partial charge in [0.05, 0.1) is 21.4 Å². The number of sulfonamides is 2. The van der Waals surface area contributed by atoms with Gasteiger partial charge in [-0.15, -0.1) is 22.7 Å². The Morgan fingerprint density at radius 1 is 0.485 bits per heavy atom. The first-order valence-corrected chi connectivity index (χ1v) is 25.3. The van der Waals surface area contributed by atoms with Gasteiger partial charge >= 0.3 is 0 Å². The number of nitrogens with zero attached hydrogens (tertiary/aromatic N) is 6. The Morgan fingerprint density at radius 3 is 1.21 bits per heavy atom. The molecule has 2 aromatic heterocycles. The fraction of sp³-hybridized carbons (Fsp3) is 0.286. The van der Waals surface area contributed by atoms with Crippen LogP contribution in [0.5, 0.6) is 0 Å². The lowest BCUT2D eigenvalue weighted by atomic mass is 10.0. The van der Waals surface area contributed by atoms with Crippen molar-refractivity contribution in [3.8, 4) is 0 Å². The first-order valence-electron chi connectivity index (χ1n) is 19.9. The Morgan fingerprint density at radius 2 is 0.838 bits per heavy atom. The highest BCUT2D eigenvalue weighted by molar-refractivity contribution is 7.89. The Bertz CT molecular complexity index is 2870. The van der Waals surface area contributed by atoms with Crippen molar-refractivity contribution in [1.29, 1.82) is 0 Å². The minimum atomic E-state index is -4.96. The van der Waals surface area contributed by atoms with Crippen LogP contribution in [-0.4, -0.2) is 87.8 Å². The van der Waals surface area contributed by atoms with Crippen LogP contribution in [0.1, 0.15) is 33.6 Å². The Balaban J connectivity index is 0.000000201. The van der Waals surface area contributed by atoms with Crippen LogP contribution in [0.3, 0.4) is 0 Å². The number of hydrogen-bond donors (Lipinski definition) is 0. The zero-order valence-corrected chi connectivity index (χ0v) is 40.0. The molecule has 2 fully saturated rings. The smallest absolute Gasteiger partial charge is 0.249 e. The number of hydrogen-bond acceptors (Lipinski definition) is 10. The molecule has 364 valence electrons. The van der Waals surface area contributed by atoms with Gasteiger partial charge in [-0.05, 0) is 48.2 Å². The molecule has 0 aliphatic carbocycles. The average Bonchev–Trinajstić information content (AvgIpc) is 3.99. The molecule has 10 nitrogen and oxygen atoms in total. The lowest BCUT2D eigenvalue weighted by Gasteiger charge is -2.33. The Hall–Kier alpha value is -4.56. The summed E-state index contributed by atoms with van der Waals surface area (Å²) in [6, 6.07) is 11.4. The highest BCUT2D eigenvalue weighted by Gasteiger charge is 2.40. The van der Waals surface area contributed by atoms with Crippen molar-refractivity contribution >= 4 is 76.2 Å². The van der Waals surface area contributed by atoms with Crippen LogP contribution >= 0.6 is 45.9 Å². The minimum Gasteiger partial charge on any atom is -0.345 e. The third-order valence-corrected chi connectivity index (χ3v) is 17.4. The van der Waals surface area contributed by atoms with Crippen molar-refractivity contribution in [2.45, 2.75) is 36.5 Å². The summed E-state index contributed by atoms with van der Waals surface area (Å²) >= 11 is 14.7. The molecule has 0 unspecified atom stereocenters. The molecule has 4 heterocycles. The van der Waals surface area contributed by atoms with Crippen molar-refractivity contribution in [2.75, 3.05) is 62.2 Å². The van der Waals surface area contributed by atoms with Gasteiger partial charge in [-0.25, -0.2) is 70.7 Å². The molecular formula is C42H34Cl2F10N6O4S4. The van der Waals surface area contributed by atoms with E-state index in [1.807, 2.05) is 47.7 Å². The molecule has 0 N–H and O–H groups in total. The number of aryl methyl sites for hydroxylation is 2. The summed E-state index contributed by atoms with van der Waals surface area (Å²) in [5.74, 6) is -23.5. The lowest BCUT2D eigenvalue weighted by Crippen LogP contribution is -2.49. The molecule has 0 saturated carbocycles. The molecule has 8 rings (SSSR count). The van der Waals surface area contributed by atoms with Crippen molar-refractivity contribution < 1.29 is 60.7 Å². The highest BCUT2D eigenvalue weighted by Crippen LogP contribution is 2.33. The summed E-state index contributed by atoms with van der Waals surface area (Å²) in [5, 5.41) is 5.84. The maximum atomic E-state index is 14.1. The van der Waals surface area contributed by atoms with Crippen LogP contribution in [-0.2, 0) is 32.9 Å². The summed E-state index contributed by atoms with van der Waals surface area (Å²) in [6.45, 7) is 3.70. The molecular weight excluding hydrogens is 1040 g/mol. The SMILES string of the molecule is Cc1ccc(Cc2csc(N3CCN(S(=O)(=O)c4c(F)c(F)c(F)c(F)c4F)CC3)n2)cc1C.O=S(=O)(c1c(F)c(F)c(F)c(F)c1F)N1CCN(c2nc(Cc3ccc(Cl)c(Cl)c3)cs2)CC1. The van der Waals surface area contributed by atoms with Crippen molar-refractivity contribution in [1.82, 2.24) is 18.6 Å². The fourth-order valence-corrected chi connectivity index (χ4v) is 12.3. The molecule has 0 spiro atoms. The van der Waals surface area contributed by atoms with Crippen molar-refractivity contribution in [2.24, 2.45) is 0 Å². The fourth-order valence-electron chi connectivity index (χ4n) is 7.15. The zero-order valence-electron chi connectivity index (χ0n) is 35.2. The van der Waals surface area contributed by atoms with Gasteiger partial charge in [0.2, 0.25) is 31.7 Å². The second-order valence-electron chi connectivity index (χ2n) is 15.3. The zero-order chi connectivity index (χ0) is 49.6. The normalized spacial score (nSPS) is 15.2. The van der Waals surface area contributed by atoms with Gasteiger partial charge in [-0.2, -0.15) is 8.61 Å². The van der Waals surface area contributed by atoms with E-state index < -0.39 is 88.0 Å². The molecule has 2 aliphatic heterocycles. The molecule has 0 atom stereocenters. The first kappa shape index (κ1) is 51.3. The quantitative estimate of drug-likeness (QED) is 0.0759. The van der Waals surface area contributed by atoms with E-state index in [0.29, 0.717) is 41.8 Å². The van der Waals surface area contributed by atoms with E-state index in [0.717, 1.165) is 22.5 Å². The van der Waals surface area contributed by atoms with Crippen LogP contribution in [0.2, 0.25) is 10.0 Å². The van der Waals surface area contributed by atoms with Crippen molar-refractivity contribution in [3.63, 3.8) is 0 Å². The van der Waals surface area contributed by atoms with Gasteiger partial charge in [-0.3, -0.25) is 0 Å². The summed E-state index contributed by atoms with van der Waals surface area (Å²) in [6.07, 6.45) is 1.12. The summed E-state index contributed by atoms with van der Waals surface area (Å²) in [4.78, 5) is 9.04. The van der Waals surface area contributed by atoms with Gasteiger partial charge in [0, 0.05) is 76.0 Å². The van der Waals surface area contributed by atoms with Crippen molar-refractivity contribution in [3.05, 3.63) is 149 Å². The first-order chi connectivity index (χ1) is 32.0. The molecule has 0 amide bonds. The minimum absolute atomic E-state index is 0.106. The van der Waals surface area contributed by atoms with Crippen LogP contribution in [0.25, 0.3) is 0 Å². The number of aromatic nitrogens is 2. The molecule has 26 heteroatoms. The summed E-state index contributed by atoms with van der Waals surface area (Å²) in [5.41, 5.74) is 5.97. The van der Waals surface area contributed by atoms with E-state index in [2.05, 4.69) is 16.0 Å². The molecule has 68 heavy (non-hydrogen) atoms. The Kier molecular flexibility index (Phi) is 15.4. The third-order valence-electron chi connectivity index (χ3n) is 11.0. The van der Waals surface area contributed by atoms with Crippen LogP contribution in [0.15, 0.2) is 56.9 Å². The third kappa shape index (κ3) is 10.3. The molecule has 0 radical (unpaired) electrons. The molecule has 0 bridgehead atoms. The van der Waals surface area contributed by atoms with Gasteiger partial charge in [0.25, 0.3) is 0 Å². The van der Waals surface area contributed by atoms with E-state index in [4.69, 9.17) is 23.2 Å². The average molecular weight is 1080 g/mol. The summed E-state index contributed by atoms with van der Waals surface area (Å²) < 4.78 is 189. The van der Waals surface area contributed by atoms with E-state index >= 15 is 0 Å². The molecule has 2 saturated heterocycles. The van der Waals surface area contributed by atoms with E-state index in [1.54, 1.807) is 17.0 Å². The van der Waals surface area contributed by atoms with Gasteiger partial charge in [0.1, 0.15) is 0 Å². The van der Waals surface area contributed by atoms with Crippen LogP contribution < -0.4 is 9.80 Å². The number of halogens is 12. The largest absolute Gasteiger partial charge is 0.345 e. The topological polar surface area (TPSA) is 107 Å². The number of rotatable bonds is 10. The monoisotopic (exact) mass is 1070 g/mol. The Labute approximate surface area is 401 Å². The van der Waals surface area contributed by atoms with E-state index in [-0.39, 0.29) is 52.4 Å². The predicted molar refractivity (Wildman–Crippen MR) is 237 cm³/mol. The maximum Gasteiger partial charge on any atom is 0.249 e. The van der Waals surface area contributed by atoms with Gasteiger partial charge in [-0.1, -0.05) is 47.5 Å². The standard InChI is InChI=1S/C22H20F5N3O2S2.C20H14Cl2F5N3O2S2/c1-12-3-4-14(9-13(12)2)10-15-11-33-22(28-15)29-5-7-30(8-6-29)34(31,32)21-19(26)17(24)16(23)18(25)20(21)27;21-12-2-1-10(8-13(12)22)7-11-9-33-20(28-11)29-3-5-30(6-4-29)34(31,32)19-17(26)15(24)14(23)16(25)18(19)27/h3-4,9,11H,5-8,10H2,1-2H3;1-2,8-9H,3-7H2. The second kappa shape index (κ2) is 20.4. The molecule has 4 aromatic carbocycles. The maximum absolute atomic E-state index is 14.1. The second-order valence-corrected chi connectivity index (χ2v) is 21.6. The van der Waals surface area contributed by atoms with E-state index in [1.165, 1.54) is 33.8 Å². The molecule has 6 aromatic rings. The highest BCUT2D eigenvalue weighted by atomic mass is 35.5. The predicted octanol–water partition coefficient (Wildman–Crippen LogP) is 9.80.